The van der Waals surface area contributed by atoms with Crippen molar-refractivity contribution in [3.05, 3.63) is 23.8 Å². The van der Waals surface area contributed by atoms with E-state index in [1.165, 1.54) is 50.5 Å². The third-order valence-corrected chi connectivity index (χ3v) is 4.43. The number of hydrogen-bond acceptors (Lipinski definition) is 3. The van der Waals surface area contributed by atoms with Crippen molar-refractivity contribution < 1.29 is 9.47 Å². The van der Waals surface area contributed by atoms with Crippen LogP contribution in [0, 0.1) is 0 Å². The molecule has 1 aliphatic rings. The number of ether oxygens (including phenoxy) is 2. The second-order valence-electron chi connectivity index (χ2n) is 6.26. The first-order valence-electron chi connectivity index (χ1n) is 8.86. The van der Waals surface area contributed by atoms with Gasteiger partial charge in [0.2, 0.25) is 0 Å². The van der Waals surface area contributed by atoms with Crippen LogP contribution in [0.2, 0.25) is 0 Å². The second-order valence-corrected chi connectivity index (χ2v) is 6.26. The highest BCUT2D eigenvalue weighted by Crippen LogP contribution is 2.28. The highest BCUT2D eigenvalue weighted by molar-refractivity contribution is 5.42. The van der Waals surface area contributed by atoms with Crippen LogP contribution in [0.4, 0.5) is 0 Å². The molecule has 0 unspecified atom stereocenters. The molecule has 3 nitrogen and oxygen atoms in total. The third kappa shape index (κ3) is 5.53. The summed E-state index contributed by atoms with van der Waals surface area (Å²) in [6.07, 6.45) is 10.3. The van der Waals surface area contributed by atoms with Gasteiger partial charge in [-0.05, 0) is 37.0 Å². The molecule has 3 heteroatoms. The molecule has 0 spiro atoms. The Bertz CT molecular complexity index is 427. The predicted molar refractivity (Wildman–Crippen MR) is 91.7 cm³/mol. The van der Waals surface area contributed by atoms with Crippen molar-refractivity contribution in [1.29, 1.82) is 0 Å². The van der Waals surface area contributed by atoms with Crippen molar-refractivity contribution in [2.45, 2.75) is 70.9 Å². The Labute approximate surface area is 135 Å². The van der Waals surface area contributed by atoms with E-state index in [0.29, 0.717) is 6.04 Å². The number of rotatable bonds is 10. The van der Waals surface area contributed by atoms with E-state index in [1.807, 2.05) is 6.07 Å². The van der Waals surface area contributed by atoms with E-state index < -0.39 is 0 Å². The van der Waals surface area contributed by atoms with E-state index in [-0.39, 0.29) is 0 Å². The van der Waals surface area contributed by atoms with Gasteiger partial charge in [-0.25, -0.2) is 0 Å². The van der Waals surface area contributed by atoms with Crippen molar-refractivity contribution in [1.82, 2.24) is 5.32 Å². The van der Waals surface area contributed by atoms with Crippen molar-refractivity contribution in [3.63, 3.8) is 0 Å². The summed E-state index contributed by atoms with van der Waals surface area (Å²) >= 11 is 0. The fourth-order valence-corrected chi connectivity index (χ4v) is 3.04. The predicted octanol–water partition coefficient (Wildman–Crippen LogP) is 4.69. The molecule has 1 aliphatic carbocycles. The second kappa shape index (κ2) is 9.73. The van der Waals surface area contributed by atoms with Crippen molar-refractivity contribution in [2.75, 3.05) is 13.7 Å². The number of nitrogens with one attached hydrogen (secondary N) is 1. The molecule has 1 saturated carbocycles. The van der Waals surface area contributed by atoms with Gasteiger partial charge in [-0.3, -0.25) is 0 Å². The number of methoxy groups -OCH3 is 1. The fraction of sp³-hybridized carbons (Fsp3) is 0.684. The molecule has 1 aromatic carbocycles. The SMILES string of the molecule is CCCCCCOc1ccc(CNC2CCCC2)cc1OC. The molecule has 0 aliphatic heterocycles. The maximum Gasteiger partial charge on any atom is 0.161 e. The van der Waals surface area contributed by atoms with E-state index in [2.05, 4.69) is 24.4 Å². The van der Waals surface area contributed by atoms with Crippen molar-refractivity contribution in [2.24, 2.45) is 0 Å². The molecular formula is C19H31NO2. The van der Waals surface area contributed by atoms with Gasteiger partial charge in [0.05, 0.1) is 13.7 Å². The average molecular weight is 305 g/mol. The number of benzene rings is 1. The Morgan fingerprint density at radius 3 is 2.64 bits per heavy atom. The average Bonchev–Trinajstić information content (AvgIpc) is 3.06. The molecule has 2 rings (SSSR count). The summed E-state index contributed by atoms with van der Waals surface area (Å²) in [6.45, 7) is 3.91. The van der Waals surface area contributed by atoms with Crippen LogP contribution in [0.25, 0.3) is 0 Å². The first-order chi connectivity index (χ1) is 10.8. The van der Waals surface area contributed by atoms with Gasteiger partial charge in [-0.1, -0.05) is 45.1 Å². The number of unbranched alkanes of at least 4 members (excludes halogenated alkanes) is 3. The zero-order chi connectivity index (χ0) is 15.6. The lowest BCUT2D eigenvalue weighted by atomic mass is 10.1. The zero-order valence-corrected chi connectivity index (χ0v) is 14.2. The topological polar surface area (TPSA) is 30.5 Å². The molecule has 0 heterocycles. The molecule has 1 fully saturated rings. The maximum absolute atomic E-state index is 5.86. The van der Waals surface area contributed by atoms with Gasteiger partial charge in [0.15, 0.2) is 11.5 Å². The largest absolute Gasteiger partial charge is 0.493 e. The summed E-state index contributed by atoms with van der Waals surface area (Å²) in [5, 5.41) is 3.64. The molecule has 1 N–H and O–H groups in total. The van der Waals surface area contributed by atoms with E-state index in [4.69, 9.17) is 9.47 Å². The Kier molecular flexibility index (Phi) is 7.58. The third-order valence-electron chi connectivity index (χ3n) is 4.43. The minimum absolute atomic E-state index is 0.695. The number of hydrogen-bond donors (Lipinski definition) is 1. The molecule has 1 aromatic rings. The smallest absolute Gasteiger partial charge is 0.161 e. The summed E-state index contributed by atoms with van der Waals surface area (Å²) in [5.74, 6) is 1.71. The first-order valence-corrected chi connectivity index (χ1v) is 8.86. The minimum atomic E-state index is 0.695. The van der Waals surface area contributed by atoms with Crippen LogP contribution in [0.3, 0.4) is 0 Å². The van der Waals surface area contributed by atoms with E-state index >= 15 is 0 Å². The summed E-state index contributed by atoms with van der Waals surface area (Å²) in [5.41, 5.74) is 1.27. The van der Waals surface area contributed by atoms with Gasteiger partial charge >= 0.3 is 0 Å². The zero-order valence-electron chi connectivity index (χ0n) is 14.2. The lowest BCUT2D eigenvalue weighted by molar-refractivity contribution is 0.285. The van der Waals surface area contributed by atoms with Gasteiger partial charge in [-0.15, -0.1) is 0 Å². The van der Waals surface area contributed by atoms with E-state index in [0.717, 1.165) is 31.1 Å². The monoisotopic (exact) mass is 305 g/mol. The van der Waals surface area contributed by atoms with Crippen LogP contribution in [0.5, 0.6) is 11.5 Å². The molecule has 22 heavy (non-hydrogen) atoms. The molecule has 0 saturated heterocycles. The quantitative estimate of drug-likeness (QED) is 0.636. The van der Waals surface area contributed by atoms with Crippen LogP contribution in [0.15, 0.2) is 18.2 Å². The molecule has 0 bridgehead atoms. The van der Waals surface area contributed by atoms with Crippen molar-refractivity contribution in [3.8, 4) is 11.5 Å². The highest BCUT2D eigenvalue weighted by atomic mass is 16.5. The van der Waals surface area contributed by atoms with Crippen LogP contribution >= 0.6 is 0 Å². The van der Waals surface area contributed by atoms with Gasteiger partial charge in [0.1, 0.15) is 0 Å². The van der Waals surface area contributed by atoms with E-state index in [9.17, 15) is 0 Å². The Morgan fingerprint density at radius 2 is 1.91 bits per heavy atom. The first kappa shape index (κ1) is 17.1. The molecule has 124 valence electrons. The summed E-state index contributed by atoms with van der Waals surface area (Å²) in [6, 6.07) is 6.99. The lowest BCUT2D eigenvalue weighted by Gasteiger charge is -2.14. The normalized spacial score (nSPS) is 15.2. The lowest BCUT2D eigenvalue weighted by Crippen LogP contribution is -2.25. The van der Waals surface area contributed by atoms with E-state index in [1.54, 1.807) is 7.11 Å². The molecule has 0 atom stereocenters. The van der Waals surface area contributed by atoms with Crippen LogP contribution < -0.4 is 14.8 Å². The standard InChI is InChI=1S/C19H31NO2/c1-3-4-5-8-13-22-18-12-11-16(14-19(18)21-2)15-20-17-9-6-7-10-17/h11-12,14,17,20H,3-10,13,15H2,1-2H3. The van der Waals surface area contributed by atoms with Crippen LogP contribution in [-0.2, 0) is 6.54 Å². The highest BCUT2D eigenvalue weighted by Gasteiger charge is 2.14. The van der Waals surface area contributed by atoms with Crippen LogP contribution in [0.1, 0.15) is 63.9 Å². The molecular weight excluding hydrogens is 274 g/mol. The van der Waals surface area contributed by atoms with Gasteiger partial charge in [0.25, 0.3) is 0 Å². The molecule has 0 radical (unpaired) electrons. The summed E-state index contributed by atoms with van der Waals surface area (Å²) in [7, 11) is 1.72. The molecule has 0 amide bonds. The minimum Gasteiger partial charge on any atom is -0.493 e. The van der Waals surface area contributed by atoms with Crippen molar-refractivity contribution >= 4 is 0 Å². The van der Waals surface area contributed by atoms with Crippen LogP contribution in [-0.4, -0.2) is 19.8 Å². The summed E-state index contributed by atoms with van der Waals surface area (Å²) in [4.78, 5) is 0. The Morgan fingerprint density at radius 1 is 1.09 bits per heavy atom. The van der Waals surface area contributed by atoms with Gasteiger partial charge in [0, 0.05) is 12.6 Å². The maximum atomic E-state index is 5.86. The Hall–Kier alpha value is -1.22. The van der Waals surface area contributed by atoms with Gasteiger partial charge in [-0.2, -0.15) is 0 Å². The fourth-order valence-electron chi connectivity index (χ4n) is 3.04. The Balaban J connectivity index is 1.81. The van der Waals surface area contributed by atoms with Gasteiger partial charge < -0.3 is 14.8 Å². The molecule has 0 aromatic heterocycles. The summed E-state index contributed by atoms with van der Waals surface area (Å²) < 4.78 is 11.3.